The lowest BCUT2D eigenvalue weighted by molar-refractivity contribution is 0.0696. The van der Waals surface area contributed by atoms with Crippen molar-refractivity contribution >= 4 is 28.1 Å². The Morgan fingerprint density at radius 2 is 1.69 bits per heavy atom. The lowest BCUT2D eigenvalue weighted by Crippen LogP contribution is -2.37. The Labute approximate surface area is 206 Å². The molecule has 0 aromatic heterocycles. The second-order valence-electron chi connectivity index (χ2n) is 9.47. The fourth-order valence-electron chi connectivity index (χ4n) is 5.31. The van der Waals surface area contributed by atoms with E-state index in [1.54, 1.807) is 6.07 Å². The van der Waals surface area contributed by atoms with E-state index in [9.17, 15) is 9.90 Å². The van der Waals surface area contributed by atoms with Gasteiger partial charge in [-0.15, -0.1) is 0 Å². The summed E-state index contributed by atoms with van der Waals surface area (Å²) < 4.78 is 6.40. The van der Waals surface area contributed by atoms with Crippen molar-refractivity contribution in [1.82, 2.24) is 0 Å². The van der Waals surface area contributed by atoms with E-state index in [2.05, 4.69) is 54.3 Å². The SMILES string of the molecule is Cc1c(C(=O)O)cccc1N1CC(CCC[C@H](C)c2cccc3ccccc23)Oc2ccccc21. The summed E-state index contributed by atoms with van der Waals surface area (Å²) in [5.41, 5.74) is 4.43. The zero-order valence-electron chi connectivity index (χ0n) is 20.3. The van der Waals surface area contributed by atoms with Gasteiger partial charge in [0.2, 0.25) is 0 Å². The lowest BCUT2D eigenvalue weighted by Gasteiger charge is -2.37. The molecule has 0 aliphatic carbocycles. The van der Waals surface area contributed by atoms with Crippen LogP contribution in [0.2, 0.25) is 0 Å². The Bertz CT molecular complexity index is 1360. The van der Waals surface area contributed by atoms with Crippen LogP contribution in [0.3, 0.4) is 0 Å². The molecule has 5 rings (SSSR count). The predicted molar refractivity (Wildman–Crippen MR) is 142 cm³/mol. The zero-order chi connectivity index (χ0) is 24.4. The molecule has 1 heterocycles. The third-order valence-electron chi connectivity index (χ3n) is 7.18. The molecule has 1 aliphatic rings. The maximum Gasteiger partial charge on any atom is 0.336 e. The number of benzene rings is 4. The summed E-state index contributed by atoms with van der Waals surface area (Å²) in [6.45, 7) is 4.90. The molecule has 1 aliphatic heterocycles. The van der Waals surface area contributed by atoms with E-state index < -0.39 is 5.97 Å². The first-order valence-electron chi connectivity index (χ1n) is 12.4. The second-order valence-corrected chi connectivity index (χ2v) is 9.47. The van der Waals surface area contributed by atoms with Crippen LogP contribution in [0, 0.1) is 6.92 Å². The van der Waals surface area contributed by atoms with Crippen LogP contribution < -0.4 is 9.64 Å². The van der Waals surface area contributed by atoms with Crippen molar-refractivity contribution in [3.63, 3.8) is 0 Å². The Kier molecular flexibility index (Phi) is 6.45. The minimum absolute atomic E-state index is 0.0394. The Hall–Kier alpha value is -3.79. The molecule has 0 fully saturated rings. The summed E-state index contributed by atoms with van der Waals surface area (Å²) in [4.78, 5) is 13.9. The third kappa shape index (κ3) is 4.61. The molecule has 0 radical (unpaired) electrons. The summed E-state index contributed by atoms with van der Waals surface area (Å²) in [6.07, 6.45) is 3.12. The molecule has 4 aromatic carbocycles. The Morgan fingerprint density at radius 1 is 0.971 bits per heavy atom. The molecule has 0 amide bonds. The van der Waals surface area contributed by atoms with Crippen molar-refractivity contribution in [2.45, 2.75) is 45.1 Å². The summed E-state index contributed by atoms with van der Waals surface area (Å²) in [5, 5.41) is 12.2. The molecule has 2 atom stereocenters. The maximum atomic E-state index is 11.7. The highest BCUT2D eigenvalue weighted by Crippen LogP contribution is 2.40. The average Bonchev–Trinajstić information content (AvgIpc) is 2.88. The molecule has 1 unspecified atom stereocenters. The highest BCUT2D eigenvalue weighted by Gasteiger charge is 2.28. The fraction of sp³-hybridized carbons (Fsp3) is 0.258. The number of nitrogens with zero attached hydrogens (tertiary/aromatic N) is 1. The van der Waals surface area contributed by atoms with Gasteiger partial charge in [-0.2, -0.15) is 0 Å². The van der Waals surface area contributed by atoms with Gasteiger partial charge in [0, 0.05) is 5.69 Å². The molecule has 0 saturated heterocycles. The number of carboxylic acid groups (broad SMARTS) is 1. The number of para-hydroxylation sites is 2. The highest BCUT2D eigenvalue weighted by molar-refractivity contribution is 5.92. The molecule has 178 valence electrons. The molecule has 0 saturated carbocycles. The number of aromatic carboxylic acids is 1. The van der Waals surface area contributed by atoms with Gasteiger partial charge < -0.3 is 14.7 Å². The van der Waals surface area contributed by atoms with Crippen molar-refractivity contribution in [3.05, 3.63) is 102 Å². The first-order chi connectivity index (χ1) is 17.0. The zero-order valence-corrected chi connectivity index (χ0v) is 20.3. The minimum Gasteiger partial charge on any atom is -0.486 e. The molecule has 1 N–H and O–H groups in total. The molecule has 35 heavy (non-hydrogen) atoms. The molecule has 4 nitrogen and oxygen atoms in total. The number of carboxylic acids is 1. The van der Waals surface area contributed by atoms with Gasteiger partial charge in [-0.3, -0.25) is 0 Å². The van der Waals surface area contributed by atoms with Crippen molar-refractivity contribution in [2.75, 3.05) is 11.4 Å². The number of hydrogen-bond donors (Lipinski definition) is 1. The van der Waals surface area contributed by atoms with E-state index >= 15 is 0 Å². The van der Waals surface area contributed by atoms with Crippen LogP contribution in [0.15, 0.2) is 84.9 Å². The van der Waals surface area contributed by atoms with E-state index in [1.165, 1.54) is 16.3 Å². The van der Waals surface area contributed by atoms with Crippen LogP contribution in [0.25, 0.3) is 10.8 Å². The second kappa shape index (κ2) is 9.83. The molecule has 0 bridgehead atoms. The number of ether oxygens (including phenoxy) is 1. The highest BCUT2D eigenvalue weighted by atomic mass is 16.5. The summed E-state index contributed by atoms with van der Waals surface area (Å²) >= 11 is 0. The van der Waals surface area contributed by atoms with Gasteiger partial charge in [0.1, 0.15) is 11.9 Å². The van der Waals surface area contributed by atoms with Gasteiger partial charge in [0.25, 0.3) is 0 Å². The number of carbonyl (C=O) groups is 1. The number of rotatable bonds is 7. The van der Waals surface area contributed by atoms with Gasteiger partial charge in [0.15, 0.2) is 0 Å². The average molecular weight is 466 g/mol. The van der Waals surface area contributed by atoms with Crippen molar-refractivity contribution < 1.29 is 14.6 Å². The van der Waals surface area contributed by atoms with Crippen molar-refractivity contribution in [2.24, 2.45) is 0 Å². The first kappa shape index (κ1) is 23.0. The lowest BCUT2D eigenvalue weighted by atomic mass is 9.90. The van der Waals surface area contributed by atoms with Gasteiger partial charge >= 0.3 is 5.97 Å². The van der Waals surface area contributed by atoms with E-state index in [0.29, 0.717) is 18.0 Å². The van der Waals surface area contributed by atoms with Crippen molar-refractivity contribution in [3.8, 4) is 5.75 Å². The van der Waals surface area contributed by atoms with Gasteiger partial charge in [0.05, 0.1) is 17.8 Å². The quantitative estimate of drug-likeness (QED) is 0.303. The van der Waals surface area contributed by atoms with Crippen LogP contribution in [0.4, 0.5) is 11.4 Å². The summed E-state index contributed by atoms with van der Waals surface area (Å²) in [6, 6.07) is 28.7. The normalized spacial score (nSPS) is 15.9. The van der Waals surface area contributed by atoms with Crippen LogP contribution in [-0.2, 0) is 0 Å². The van der Waals surface area contributed by atoms with Gasteiger partial charge in [-0.05, 0) is 78.3 Å². The van der Waals surface area contributed by atoms with Crippen LogP contribution >= 0.6 is 0 Å². The minimum atomic E-state index is -0.898. The standard InChI is InChI=1S/C31H31NO3/c1-21(25-15-8-12-23-11-3-4-14-27(23)25)10-7-13-24-20-32(29-17-5-6-19-30(29)35-24)28-18-9-16-26(22(28)2)31(33)34/h3-6,8-9,11-12,14-19,21,24H,7,10,13,20H2,1-2H3,(H,33,34)/t21-,24?/m0/s1. The topological polar surface area (TPSA) is 49.8 Å². The maximum absolute atomic E-state index is 11.7. The first-order valence-corrected chi connectivity index (χ1v) is 12.4. The largest absolute Gasteiger partial charge is 0.486 e. The fourth-order valence-corrected chi connectivity index (χ4v) is 5.31. The van der Waals surface area contributed by atoms with Crippen LogP contribution in [0.1, 0.15) is 53.6 Å². The van der Waals surface area contributed by atoms with E-state index in [1.807, 2.05) is 43.3 Å². The van der Waals surface area contributed by atoms with Crippen LogP contribution in [0.5, 0.6) is 5.75 Å². The molecule has 0 spiro atoms. The summed E-state index contributed by atoms with van der Waals surface area (Å²) in [5.74, 6) is 0.415. The molecular formula is C31H31NO3. The molecular weight excluding hydrogens is 434 g/mol. The van der Waals surface area contributed by atoms with Gasteiger partial charge in [-0.25, -0.2) is 4.79 Å². The molecule has 4 heteroatoms. The van der Waals surface area contributed by atoms with Crippen molar-refractivity contribution in [1.29, 1.82) is 0 Å². The smallest absolute Gasteiger partial charge is 0.336 e. The number of hydrogen-bond acceptors (Lipinski definition) is 3. The number of anilines is 2. The number of fused-ring (bicyclic) bond motifs is 2. The summed E-state index contributed by atoms with van der Waals surface area (Å²) in [7, 11) is 0. The predicted octanol–water partition coefficient (Wildman–Crippen LogP) is 7.72. The van der Waals surface area contributed by atoms with Crippen LogP contribution in [-0.4, -0.2) is 23.7 Å². The Balaban J connectivity index is 1.33. The van der Waals surface area contributed by atoms with Gasteiger partial charge in [-0.1, -0.05) is 67.6 Å². The van der Waals surface area contributed by atoms with E-state index in [-0.39, 0.29) is 6.10 Å². The van der Waals surface area contributed by atoms with E-state index in [4.69, 9.17) is 4.74 Å². The van der Waals surface area contributed by atoms with E-state index in [0.717, 1.165) is 42.0 Å². The monoisotopic (exact) mass is 465 g/mol. The Morgan fingerprint density at radius 3 is 2.54 bits per heavy atom. The third-order valence-corrected chi connectivity index (χ3v) is 7.18. The molecule has 4 aromatic rings.